The Labute approximate surface area is 186 Å². The molecule has 170 valence electrons. The average molecular weight is 441 g/mol. The van der Waals surface area contributed by atoms with Gasteiger partial charge in [0.1, 0.15) is 19.1 Å². The minimum absolute atomic E-state index is 0.000395. The maximum absolute atomic E-state index is 13.1. The third-order valence-electron chi connectivity index (χ3n) is 5.49. The summed E-state index contributed by atoms with van der Waals surface area (Å²) in [4.78, 5) is 39.3. The molecule has 1 N–H and O–H groups in total. The molecule has 2 aromatic rings. The van der Waals surface area contributed by atoms with E-state index in [4.69, 9.17) is 14.2 Å². The third kappa shape index (κ3) is 5.45. The van der Waals surface area contributed by atoms with Crippen molar-refractivity contribution in [3.63, 3.8) is 0 Å². The van der Waals surface area contributed by atoms with Gasteiger partial charge in [-0.1, -0.05) is 60.7 Å². The molecule has 1 aliphatic heterocycles. The largest absolute Gasteiger partial charge is 0.469 e. The molecule has 0 spiro atoms. The van der Waals surface area contributed by atoms with Crippen LogP contribution < -0.4 is 0 Å². The summed E-state index contributed by atoms with van der Waals surface area (Å²) in [5.41, 5.74) is 1.56. The molecule has 0 aliphatic carbocycles. The molecule has 1 aliphatic rings. The molecule has 0 bridgehead atoms. The van der Waals surface area contributed by atoms with Crippen molar-refractivity contribution in [2.24, 2.45) is 5.92 Å². The number of hydrogen-bond acceptors (Lipinski definition) is 7. The Balaban J connectivity index is 1.90. The zero-order chi connectivity index (χ0) is 23.1. The van der Waals surface area contributed by atoms with E-state index in [-0.39, 0.29) is 19.6 Å². The quantitative estimate of drug-likeness (QED) is 0.472. The Morgan fingerprint density at radius 1 is 1.12 bits per heavy atom. The fourth-order valence-corrected chi connectivity index (χ4v) is 3.88. The number of aliphatic hydroxyl groups is 1. The van der Waals surface area contributed by atoms with Gasteiger partial charge in [0, 0.05) is 0 Å². The van der Waals surface area contributed by atoms with E-state index in [1.165, 1.54) is 18.9 Å². The maximum Gasteiger partial charge on any atom is 0.410 e. The molecule has 1 saturated heterocycles. The van der Waals surface area contributed by atoms with Crippen LogP contribution in [0.25, 0.3) is 0 Å². The summed E-state index contributed by atoms with van der Waals surface area (Å²) in [5, 5.41) is 10.5. The second-order valence-electron chi connectivity index (χ2n) is 7.62. The molecule has 8 nitrogen and oxygen atoms in total. The summed E-state index contributed by atoms with van der Waals surface area (Å²) in [7, 11) is 1.22. The Bertz CT molecular complexity index is 916. The molecule has 0 aromatic heterocycles. The average Bonchev–Trinajstić information content (AvgIpc) is 3.19. The lowest BCUT2D eigenvalue weighted by atomic mass is 9.89. The van der Waals surface area contributed by atoms with Crippen LogP contribution in [0.15, 0.2) is 60.7 Å². The number of carbonyl (C=O) groups is 3. The number of rotatable bonds is 9. The molecule has 8 heteroatoms. The second-order valence-corrected chi connectivity index (χ2v) is 7.62. The topological polar surface area (TPSA) is 102 Å². The maximum atomic E-state index is 13.1. The number of esters is 2. The number of carbonyl (C=O) groups excluding carboxylic acids is 3. The lowest BCUT2D eigenvalue weighted by Gasteiger charge is -2.35. The highest BCUT2D eigenvalue weighted by atomic mass is 16.6. The smallest absolute Gasteiger partial charge is 0.410 e. The summed E-state index contributed by atoms with van der Waals surface area (Å²) >= 11 is 0. The number of benzene rings is 2. The number of methoxy groups -OCH3 is 1. The van der Waals surface area contributed by atoms with Gasteiger partial charge in [0.2, 0.25) is 0 Å². The first-order chi connectivity index (χ1) is 15.4. The standard InChI is InChI=1S/C24H27NO7/c1-16(26)22(23(28)31-14-17-9-5-3-6-10-17)19(13-21(27)30-2)25-20(15-32-24(25)29)18-11-7-4-8-12-18/h3-12,16,19-20,22,26H,13-15H2,1-2H3. The van der Waals surface area contributed by atoms with E-state index < -0.39 is 42.1 Å². The number of cyclic esters (lactones) is 1. The molecule has 32 heavy (non-hydrogen) atoms. The van der Waals surface area contributed by atoms with Gasteiger partial charge in [-0.25, -0.2) is 4.79 Å². The number of amides is 1. The predicted octanol–water partition coefficient (Wildman–Crippen LogP) is 2.85. The molecule has 1 heterocycles. The highest BCUT2D eigenvalue weighted by Crippen LogP contribution is 2.35. The van der Waals surface area contributed by atoms with Gasteiger partial charge < -0.3 is 19.3 Å². The molecule has 4 atom stereocenters. The van der Waals surface area contributed by atoms with Crippen LogP contribution in [0.5, 0.6) is 0 Å². The second kappa shape index (κ2) is 10.8. The summed E-state index contributed by atoms with van der Waals surface area (Å²) in [6.45, 7) is 1.49. The zero-order valence-electron chi connectivity index (χ0n) is 18.0. The van der Waals surface area contributed by atoms with Crippen LogP contribution in [-0.4, -0.2) is 53.9 Å². The van der Waals surface area contributed by atoms with E-state index >= 15 is 0 Å². The first kappa shape index (κ1) is 23.3. The minimum atomic E-state index is -1.20. The van der Waals surface area contributed by atoms with E-state index in [1.807, 2.05) is 48.5 Å². The number of nitrogens with zero attached hydrogens (tertiary/aromatic N) is 1. The van der Waals surface area contributed by atoms with Crippen molar-refractivity contribution in [3.05, 3.63) is 71.8 Å². The van der Waals surface area contributed by atoms with Gasteiger partial charge in [0.15, 0.2) is 0 Å². The minimum Gasteiger partial charge on any atom is -0.469 e. The van der Waals surface area contributed by atoms with Crippen molar-refractivity contribution in [1.82, 2.24) is 4.90 Å². The number of aliphatic hydroxyl groups excluding tert-OH is 1. The van der Waals surface area contributed by atoms with Crippen LogP contribution in [0, 0.1) is 5.92 Å². The van der Waals surface area contributed by atoms with Crippen LogP contribution in [0.3, 0.4) is 0 Å². The summed E-state index contributed by atoms with van der Waals surface area (Å²) in [6.07, 6.45) is -2.17. The molecule has 1 amide bonds. The van der Waals surface area contributed by atoms with Gasteiger partial charge in [-0.15, -0.1) is 0 Å². The Kier molecular flexibility index (Phi) is 7.83. The molecule has 2 aromatic carbocycles. The summed E-state index contributed by atoms with van der Waals surface area (Å²) in [5.74, 6) is -2.53. The number of ether oxygens (including phenoxy) is 3. The highest BCUT2D eigenvalue weighted by Gasteiger charge is 2.47. The molecular weight excluding hydrogens is 414 g/mol. The number of hydrogen-bond donors (Lipinski definition) is 1. The van der Waals surface area contributed by atoms with Gasteiger partial charge >= 0.3 is 18.0 Å². The Morgan fingerprint density at radius 3 is 2.34 bits per heavy atom. The molecule has 1 fully saturated rings. The monoisotopic (exact) mass is 441 g/mol. The van der Waals surface area contributed by atoms with Crippen molar-refractivity contribution in [2.45, 2.75) is 38.1 Å². The first-order valence-corrected chi connectivity index (χ1v) is 10.4. The Hall–Kier alpha value is -3.39. The van der Waals surface area contributed by atoms with E-state index in [0.29, 0.717) is 0 Å². The molecule has 4 unspecified atom stereocenters. The van der Waals surface area contributed by atoms with E-state index in [1.54, 1.807) is 12.1 Å². The van der Waals surface area contributed by atoms with Crippen molar-refractivity contribution < 1.29 is 33.7 Å². The SMILES string of the molecule is COC(=O)CC(C(C(=O)OCc1ccccc1)C(C)O)N1C(=O)OCC1c1ccccc1. The van der Waals surface area contributed by atoms with E-state index in [0.717, 1.165) is 11.1 Å². The summed E-state index contributed by atoms with van der Waals surface area (Å²) in [6, 6.07) is 16.7. The van der Waals surface area contributed by atoms with Crippen molar-refractivity contribution in [3.8, 4) is 0 Å². The van der Waals surface area contributed by atoms with E-state index in [2.05, 4.69) is 0 Å². The fourth-order valence-electron chi connectivity index (χ4n) is 3.88. The van der Waals surface area contributed by atoms with Gasteiger partial charge in [0.25, 0.3) is 0 Å². The third-order valence-corrected chi connectivity index (χ3v) is 5.49. The normalized spacial score (nSPS) is 18.4. The van der Waals surface area contributed by atoms with Crippen molar-refractivity contribution in [1.29, 1.82) is 0 Å². The zero-order valence-corrected chi connectivity index (χ0v) is 18.0. The predicted molar refractivity (Wildman–Crippen MR) is 114 cm³/mol. The van der Waals surface area contributed by atoms with Crippen LogP contribution in [-0.2, 0) is 30.4 Å². The first-order valence-electron chi connectivity index (χ1n) is 10.4. The van der Waals surface area contributed by atoms with Crippen molar-refractivity contribution in [2.75, 3.05) is 13.7 Å². The fraction of sp³-hybridized carbons (Fsp3) is 0.375. The molecular formula is C24H27NO7. The van der Waals surface area contributed by atoms with Crippen LogP contribution in [0.2, 0.25) is 0 Å². The van der Waals surface area contributed by atoms with Crippen LogP contribution in [0.1, 0.15) is 30.5 Å². The van der Waals surface area contributed by atoms with Gasteiger partial charge in [-0.2, -0.15) is 0 Å². The molecule has 0 radical (unpaired) electrons. The van der Waals surface area contributed by atoms with Crippen LogP contribution >= 0.6 is 0 Å². The van der Waals surface area contributed by atoms with Crippen LogP contribution in [0.4, 0.5) is 4.79 Å². The van der Waals surface area contributed by atoms with Crippen molar-refractivity contribution >= 4 is 18.0 Å². The highest BCUT2D eigenvalue weighted by molar-refractivity contribution is 5.79. The lowest BCUT2D eigenvalue weighted by Crippen LogP contribution is -2.50. The molecule has 0 saturated carbocycles. The van der Waals surface area contributed by atoms with Gasteiger partial charge in [0.05, 0.1) is 31.7 Å². The summed E-state index contributed by atoms with van der Waals surface area (Å²) < 4.78 is 15.5. The van der Waals surface area contributed by atoms with E-state index in [9.17, 15) is 19.5 Å². The lowest BCUT2D eigenvalue weighted by molar-refractivity contribution is -0.158. The van der Waals surface area contributed by atoms with Gasteiger partial charge in [-0.05, 0) is 18.1 Å². The Morgan fingerprint density at radius 2 is 1.75 bits per heavy atom. The molecule has 3 rings (SSSR count). The van der Waals surface area contributed by atoms with Gasteiger partial charge in [-0.3, -0.25) is 14.5 Å².